The molecule has 3 aliphatic rings. The maximum absolute atomic E-state index is 11.8. The van der Waals surface area contributed by atoms with Crippen molar-refractivity contribution in [2.75, 3.05) is 6.61 Å². The van der Waals surface area contributed by atoms with Gasteiger partial charge >= 0.3 is 12.0 Å². The zero-order chi connectivity index (χ0) is 14.8. The summed E-state index contributed by atoms with van der Waals surface area (Å²) in [6.45, 7) is -0.377. The number of hydrogen-bond donors (Lipinski definition) is 2. The fourth-order valence-corrected chi connectivity index (χ4v) is 3.66. The summed E-state index contributed by atoms with van der Waals surface area (Å²) in [5.41, 5.74) is 0. The van der Waals surface area contributed by atoms with E-state index in [9.17, 15) is 14.4 Å². The number of ether oxygens (including phenoxy) is 1. The molecule has 2 N–H and O–H groups in total. The van der Waals surface area contributed by atoms with E-state index in [-0.39, 0.29) is 18.6 Å². The molecule has 2 bridgehead atoms. The summed E-state index contributed by atoms with van der Waals surface area (Å²) in [5.74, 6) is 0.986. The Hall–Kier alpha value is -1.59. The number of fused-ring (bicyclic) bond motifs is 2. The van der Waals surface area contributed by atoms with Crippen LogP contribution >= 0.6 is 0 Å². The highest BCUT2D eigenvalue weighted by Crippen LogP contribution is 2.49. The second-order valence-corrected chi connectivity index (χ2v) is 6.60. The van der Waals surface area contributed by atoms with Crippen molar-refractivity contribution in [1.82, 2.24) is 10.6 Å². The number of rotatable bonds is 5. The number of esters is 1. The quantitative estimate of drug-likeness (QED) is 0.749. The average molecular weight is 294 g/mol. The number of carbonyl (C=O) groups is 3. The van der Waals surface area contributed by atoms with Crippen LogP contribution in [-0.4, -0.2) is 30.6 Å². The zero-order valence-electron chi connectivity index (χ0n) is 12.1. The van der Waals surface area contributed by atoms with E-state index in [0.29, 0.717) is 18.3 Å². The molecule has 3 atom stereocenters. The van der Waals surface area contributed by atoms with Gasteiger partial charge in [0.2, 0.25) is 0 Å². The van der Waals surface area contributed by atoms with Gasteiger partial charge in [-0.15, -0.1) is 0 Å². The average Bonchev–Trinajstić information content (AvgIpc) is 2.99. The van der Waals surface area contributed by atoms with Gasteiger partial charge in [0.05, 0.1) is 0 Å². The minimum Gasteiger partial charge on any atom is -0.456 e. The summed E-state index contributed by atoms with van der Waals surface area (Å²) in [6.07, 6.45) is 7.22. The number of nitrogens with one attached hydrogen (secondary N) is 2. The Balaban J connectivity index is 1.31. The third-order valence-electron chi connectivity index (χ3n) is 4.84. The predicted octanol–water partition coefficient (Wildman–Crippen LogP) is 1.34. The van der Waals surface area contributed by atoms with Crippen LogP contribution < -0.4 is 10.6 Å². The second-order valence-electron chi connectivity index (χ2n) is 6.60. The summed E-state index contributed by atoms with van der Waals surface area (Å²) >= 11 is 0. The third-order valence-corrected chi connectivity index (χ3v) is 4.84. The topological polar surface area (TPSA) is 84.5 Å². The molecule has 3 rings (SSSR count). The SMILES string of the molecule is O=C(COC(=O)C[C@@H]1C[C@H]2CC[C@@H]1C2)NC(=O)NC1CC1. The Labute approximate surface area is 124 Å². The standard InChI is InChI=1S/C15H22N2O4/c18-13(17-15(20)16-12-3-4-12)8-21-14(19)7-11-6-9-1-2-10(11)5-9/h9-12H,1-8H2,(H2,16,17,18,20)/t9-,10+,11-/m0/s1. The lowest BCUT2D eigenvalue weighted by Crippen LogP contribution is -2.42. The van der Waals surface area contributed by atoms with Crippen LogP contribution in [0.3, 0.4) is 0 Å². The fourth-order valence-electron chi connectivity index (χ4n) is 3.66. The van der Waals surface area contributed by atoms with Gasteiger partial charge in [-0.1, -0.05) is 6.42 Å². The van der Waals surface area contributed by atoms with E-state index in [2.05, 4.69) is 10.6 Å². The van der Waals surface area contributed by atoms with Gasteiger partial charge < -0.3 is 10.1 Å². The van der Waals surface area contributed by atoms with Gasteiger partial charge in [-0.2, -0.15) is 0 Å². The highest BCUT2D eigenvalue weighted by molar-refractivity contribution is 5.95. The molecule has 0 aromatic carbocycles. The van der Waals surface area contributed by atoms with Crippen LogP contribution in [0.15, 0.2) is 0 Å². The zero-order valence-corrected chi connectivity index (χ0v) is 12.1. The predicted molar refractivity (Wildman–Crippen MR) is 74.2 cm³/mol. The molecule has 0 aromatic rings. The molecule has 3 amide bonds. The van der Waals surface area contributed by atoms with Crippen molar-refractivity contribution in [2.45, 2.75) is 51.0 Å². The van der Waals surface area contributed by atoms with Gasteiger partial charge in [0.25, 0.3) is 5.91 Å². The number of imide groups is 1. The van der Waals surface area contributed by atoms with Gasteiger partial charge in [-0.25, -0.2) is 4.79 Å². The monoisotopic (exact) mass is 294 g/mol. The van der Waals surface area contributed by atoms with Crippen molar-refractivity contribution in [1.29, 1.82) is 0 Å². The Kier molecular flexibility index (Phi) is 4.12. The molecular weight excluding hydrogens is 272 g/mol. The molecule has 3 aliphatic carbocycles. The maximum Gasteiger partial charge on any atom is 0.321 e. The summed E-state index contributed by atoms with van der Waals surface area (Å²) in [5, 5.41) is 4.80. The first-order valence-corrected chi connectivity index (χ1v) is 7.86. The molecule has 6 heteroatoms. The molecule has 0 saturated heterocycles. The lowest BCUT2D eigenvalue weighted by molar-refractivity contribution is -0.149. The van der Waals surface area contributed by atoms with Crippen LogP contribution in [0.5, 0.6) is 0 Å². The Morgan fingerprint density at radius 1 is 1.05 bits per heavy atom. The largest absolute Gasteiger partial charge is 0.456 e. The minimum absolute atomic E-state index is 0.193. The molecule has 0 aromatic heterocycles. The molecule has 0 aliphatic heterocycles. The lowest BCUT2D eigenvalue weighted by Gasteiger charge is -2.20. The lowest BCUT2D eigenvalue weighted by atomic mass is 9.86. The fraction of sp³-hybridized carbons (Fsp3) is 0.800. The van der Waals surface area contributed by atoms with E-state index in [4.69, 9.17) is 4.74 Å². The van der Waals surface area contributed by atoms with Gasteiger partial charge in [-0.3, -0.25) is 14.9 Å². The van der Waals surface area contributed by atoms with Crippen LogP contribution in [0.4, 0.5) is 4.79 Å². The van der Waals surface area contributed by atoms with E-state index in [1.807, 2.05) is 0 Å². The summed E-state index contributed by atoms with van der Waals surface area (Å²) in [7, 11) is 0. The van der Waals surface area contributed by atoms with Crippen LogP contribution in [0, 0.1) is 17.8 Å². The van der Waals surface area contributed by atoms with Crippen molar-refractivity contribution in [2.24, 2.45) is 17.8 Å². The van der Waals surface area contributed by atoms with Crippen molar-refractivity contribution >= 4 is 17.9 Å². The maximum atomic E-state index is 11.8. The van der Waals surface area contributed by atoms with Gasteiger partial charge in [0.1, 0.15) is 0 Å². The third kappa shape index (κ3) is 3.95. The van der Waals surface area contributed by atoms with Gasteiger partial charge in [-0.05, 0) is 49.9 Å². The smallest absolute Gasteiger partial charge is 0.321 e. The van der Waals surface area contributed by atoms with Crippen LogP contribution in [-0.2, 0) is 14.3 Å². The summed E-state index contributed by atoms with van der Waals surface area (Å²) < 4.78 is 4.96. The first-order chi connectivity index (χ1) is 10.1. The Morgan fingerprint density at radius 2 is 1.86 bits per heavy atom. The highest BCUT2D eigenvalue weighted by Gasteiger charge is 2.40. The number of amides is 3. The molecule has 3 saturated carbocycles. The first-order valence-electron chi connectivity index (χ1n) is 7.86. The van der Waals surface area contributed by atoms with Gasteiger partial charge in [0, 0.05) is 12.5 Å². The van der Waals surface area contributed by atoms with Crippen molar-refractivity contribution in [3.05, 3.63) is 0 Å². The number of urea groups is 1. The molecule has 6 nitrogen and oxygen atoms in total. The molecule has 0 unspecified atom stereocenters. The van der Waals surface area contributed by atoms with Crippen LogP contribution in [0.25, 0.3) is 0 Å². The first kappa shape index (κ1) is 14.4. The van der Waals surface area contributed by atoms with E-state index in [1.54, 1.807) is 0 Å². The Bertz CT molecular complexity index is 447. The number of hydrogen-bond acceptors (Lipinski definition) is 4. The minimum atomic E-state index is -0.575. The molecular formula is C15H22N2O4. The highest BCUT2D eigenvalue weighted by atomic mass is 16.5. The normalized spacial score (nSPS) is 30.0. The molecule has 116 valence electrons. The molecule has 0 radical (unpaired) electrons. The summed E-state index contributed by atoms with van der Waals surface area (Å²) in [4.78, 5) is 34.6. The van der Waals surface area contributed by atoms with Crippen LogP contribution in [0.1, 0.15) is 44.9 Å². The second kappa shape index (κ2) is 6.03. The Morgan fingerprint density at radius 3 is 2.48 bits per heavy atom. The van der Waals surface area contributed by atoms with Crippen molar-refractivity contribution < 1.29 is 19.1 Å². The van der Waals surface area contributed by atoms with Crippen molar-refractivity contribution in [3.8, 4) is 0 Å². The molecule has 3 fully saturated rings. The summed E-state index contributed by atoms with van der Waals surface area (Å²) in [6, 6.07) is -0.315. The van der Waals surface area contributed by atoms with E-state index in [1.165, 1.54) is 19.3 Å². The van der Waals surface area contributed by atoms with E-state index < -0.39 is 11.9 Å². The molecule has 0 heterocycles. The van der Waals surface area contributed by atoms with E-state index in [0.717, 1.165) is 25.2 Å². The van der Waals surface area contributed by atoms with Crippen LogP contribution in [0.2, 0.25) is 0 Å². The molecule has 21 heavy (non-hydrogen) atoms. The van der Waals surface area contributed by atoms with Gasteiger partial charge in [0.15, 0.2) is 6.61 Å². The van der Waals surface area contributed by atoms with Crippen molar-refractivity contribution in [3.63, 3.8) is 0 Å². The van der Waals surface area contributed by atoms with E-state index >= 15 is 0 Å². The molecule has 0 spiro atoms. The number of carbonyl (C=O) groups excluding carboxylic acids is 3.